The number of hydrogen-bond donors (Lipinski definition) is 2. The highest BCUT2D eigenvalue weighted by atomic mass is 79.9. The Morgan fingerprint density at radius 3 is 2.83 bits per heavy atom. The molecule has 7 heteroatoms. The molecule has 0 radical (unpaired) electrons. The first-order valence-electron chi connectivity index (χ1n) is 6.77. The Morgan fingerprint density at radius 1 is 1.22 bits per heavy atom. The van der Waals surface area contributed by atoms with Gasteiger partial charge in [-0.1, -0.05) is 30.3 Å². The van der Waals surface area contributed by atoms with Crippen LogP contribution in [0.4, 0.5) is 0 Å². The van der Waals surface area contributed by atoms with E-state index < -0.39 is 0 Å². The average molecular weight is 370 g/mol. The summed E-state index contributed by atoms with van der Waals surface area (Å²) in [6.07, 6.45) is 6.29. The van der Waals surface area contributed by atoms with Gasteiger partial charge in [-0.25, -0.2) is 5.43 Å². The summed E-state index contributed by atoms with van der Waals surface area (Å²) in [5.41, 5.74) is 5.51. The highest BCUT2D eigenvalue weighted by Crippen LogP contribution is 2.18. The number of H-pyrrole nitrogens is 1. The zero-order valence-electron chi connectivity index (χ0n) is 11.9. The van der Waals surface area contributed by atoms with Gasteiger partial charge < -0.3 is 0 Å². The molecule has 0 unspecified atom stereocenters. The van der Waals surface area contributed by atoms with Gasteiger partial charge >= 0.3 is 0 Å². The molecule has 0 aliphatic carbocycles. The second-order valence-corrected chi connectivity index (χ2v) is 5.57. The summed E-state index contributed by atoms with van der Waals surface area (Å²) in [4.78, 5) is 15.9. The van der Waals surface area contributed by atoms with Crippen LogP contribution in [0.2, 0.25) is 0 Å². The van der Waals surface area contributed by atoms with Gasteiger partial charge in [0.15, 0.2) is 0 Å². The molecule has 0 fully saturated rings. The van der Waals surface area contributed by atoms with Gasteiger partial charge in [-0.15, -0.1) is 0 Å². The minimum atomic E-state index is -0.334. The Hall–Kier alpha value is -2.80. The first-order valence-corrected chi connectivity index (χ1v) is 7.56. The molecular formula is C16H12BrN5O. The maximum atomic E-state index is 12.0. The highest BCUT2D eigenvalue weighted by molar-refractivity contribution is 9.10. The topological polar surface area (TPSA) is 83.0 Å². The summed E-state index contributed by atoms with van der Waals surface area (Å²) in [5, 5.41) is 10.9. The SMILES string of the molecule is O=C(N/N=C/c1cn[nH]c1-c1ccccc1)c1cncc(Br)c1. The van der Waals surface area contributed by atoms with E-state index in [1.165, 1.54) is 6.20 Å². The second kappa shape index (κ2) is 6.97. The fraction of sp³-hybridized carbons (Fsp3) is 0. The summed E-state index contributed by atoms with van der Waals surface area (Å²) in [5.74, 6) is -0.334. The average Bonchev–Trinajstić information content (AvgIpc) is 3.04. The van der Waals surface area contributed by atoms with Crippen LogP contribution in [0.15, 0.2) is 64.6 Å². The van der Waals surface area contributed by atoms with Crippen LogP contribution in [0.3, 0.4) is 0 Å². The number of pyridine rings is 1. The number of carbonyl (C=O) groups excluding carboxylic acids is 1. The predicted molar refractivity (Wildman–Crippen MR) is 91.0 cm³/mol. The quantitative estimate of drug-likeness (QED) is 0.547. The van der Waals surface area contributed by atoms with Crippen LogP contribution in [0, 0.1) is 0 Å². The second-order valence-electron chi connectivity index (χ2n) is 4.66. The molecular weight excluding hydrogens is 358 g/mol. The molecule has 2 N–H and O–H groups in total. The van der Waals surface area contributed by atoms with E-state index in [4.69, 9.17) is 0 Å². The number of nitrogens with one attached hydrogen (secondary N) is 2. The highest BCUT2D eigenvalue weighted by Gasteiger charge is 2.07. The van der Waals surface area contributed by atoms with E-state index in [-0.39, 0.29) is 5.91 Å². The fourth-order valence-corrected chi connectivity index (χ4v) is 2.36. The zero-order chi connectivity index (χ0) is 16.1. The van der Waals surface area contributed by atoms with Crippen molar-refractivity contribution < 1.29 is 4.79 Å². The van der Waals surface area contributed by atoms with Crippen molar-refractivity contribution in [3.05, 3.63) is 70.6 Å². The first-order chi connectivity index (χ1) is 11.2. The number of nitrogens with zero attached hydrogens (tertiary/aromatic N) is 3. The third kappa shape index (κ3) is 3.70. The molecule has 3 aromatic rings. The van der Waals surface area contributed by atoms with Crippen LogP contribution in [0.25, 0.3) is 11.3 Å². The maximum absolute atomic E-state index is 12.0. The number of hydrogen-bond acceptors (Lipinski definition) is 4. The third-order valence-corrected chi connectivity index (χ3v) is 3.50. The molecule has 0 atom stereocenters. The van der Waals surface area contributed by atoms with Crippen molar-refractivity contribution in [3.8, 4) is 11.3 Å². The van der Waals surface area contributed by atoms with E-state index in [2.05, 4.69) is 41.6 Å². The summed E-state index contributed by atoms with van der Waals surface area (Å²) in [6, 6.07) is 11.4. The van der Waals surface area contributed by atoms with Crippen molar-refractivity contribution in [1.29, 1.82) is 0 Å². The van der Waals surface area contributed by atoms with Gasteiger partial charge in [0, 0.05) is 28.0 Å². The van der Waals surface area contributed by atoms with Crippen LogP contribution < -0.4 is 5.43 Å². The molecule has 0 saturated carbocycles. The van der Waals surface area contributed by atoms with E-state index >= 15 is 0 Å². The standard InChI is InChI=1S/C16H12BrN5O/c17-14-6-12(7-18-10-14)16(23)22-20-9-13-8-19-21-15(13)11-4-2-1-3-5-11/h1-10H,(H,19,21)(H,22,23)/b20-9+. The van der Waals surface area contributed by atoms with Gasteiger partial charge in [0.05, 0.1) is 23.7 Å². The zero-order valence-corrected chi connectivity index (χ0v) is 13.5. The Kier molecular flexibility index (Phi) is 4.58. The molecule has 1 amide bonds. The lowest BCUT2D eigenvalue weighted by atomic mass is 10.1. The van der Waals surface area contributed by atoms with Crippen molar-refractivity contribution in [3.63, 3.8) is 0 Å². The van der Waals surface area contributed by atoms with E-state index in [1.807, 2.05) is 30.3 Å². The van der Waals surface area contributed by atoms with E-state index in [1.54, 1.807) is 24.7 Å². The molecule has 2 aromatic heterocycles. The summed E-state index contributed by atoms with van der Waals surface area (Å²) in [7, 11) is 0. The summed E-state index contributed by atoms with van der Waals surface area (Å²) in [6.45, 7) is 0. The van der Waals surface area contributed by atoms with Crippen LogP contribution in [0.1, 0.15) is 15.9 Å². The Labute approximate surface area is 140 Å². The lowest BCUT2D eigenvalue weighted by Crippen LogP contribution is -2.17. The summed E-state index contributed by atoms with van der Waals surface area (Å²) < 4.78 is 0.732. The van der Waals surface area contributed by atoms with Gasteiger partial charge in [-0.3, -0.25) is 14.9 Å². The van der Waals surface area contributed by atoms with E-state index in [0.717, 1.165) is 21.3 Å². The smallest absolute Gasteiger partial charge is 0.272 e. The maximum Gasteiger partial charge on any atom is 0.272 e. The number of aromatic nitrogens is 3. The van der Waals surface area contributed by atoms with Crippen LogP contribution in [0.5, 0.6) is 0 Å². The minimum absolute atomic E-state index is 0.334. The third-order valence-electron chi connectivity index (χ3n) is 3.07. The van der Waals surface area contributed by atoms with Crippen LogP contribution in [-0.4, -0.2) is 27.3 Å². The number of hydrazone groups is 1. The molecule has 0 aliphatic rings. The van der Waals surface area contributed by atoms with Gasteiger partial charge in [0.2, 0.25) is 0 Å². The fourth-order valence-electron chi connectivity index (χ4n) is 1.99. The monoisotopic (exact) mass is 369 g/mol. The Balaban J connectivity index is 1.72. The summed E-state index contributed by atoms with van der Waals surface area (Å²) >= 11 is 3.27. The number of amides is 1. The molecule has 0 aliphatic heterocycles. The van der Waals surface area contributed by atoms with Gasteiger partial charge in [0.1, 0.15) is 0 Å². The van der Waals surface area contributed by atoms with Crippen molar-refractivity contribution in [2.24, 2.45) is 5.10 Å². The number of aromatic amines is 1. The first kappa shape index (κ1) is 15.1. The molecule has 2 heterocycles. The Bertz CT molecular complexity index is 844. The molecule has 3 rings (SSSR count). The largest absolute Gasteiger partial charge is 0.277 e. The van der Waals surface area contributed by atoms with Crippen molar-refractivity contribution >= 4 is 28.1 Å². The predicted octanol–water partition coefficient (Wildman–Crippen LogP) is 3.00. The number of halogens is 1. The van der Waals surface area contributed by atoms with Crippen LogP contribution in [-0.2, 0) is 0 Å². The molecule has 0 spiro atoms. The van der Waals surface area contributed by atoms with Gasteiger partial charge in [-0.05, 0) is 22.0 Å². The molecule has 0 saturated heterocycles. The normalized spacial score (nSPS) is 10.8. The van der Waals surface area contributed by atoms with Gasteiger partial charge in [-0.2, -0.15) is 10.2 Å². The molecule has 6 nitrogen and oxygen atoms in total. The minimum Gasteiger partial charge on any atom is -0.277 e. The van der Waals surface area contributed by atoms with Crippen molar-refractivity contribution in [2.75, 3.05) is 0 Å². The lowest BCUT2D eigenvalue weighted by Gasteiger charge is -2.00. The van der Waals surface area contributed by atoms with E-state index in [9.17, 15) is 4.79 Å². The molecule has 114 valence electrons. The number of carbonyl (C=O) groups is 1. The Morgan fingerprint density at radius 2 is 2.04 bits per heavy atom. The van der Waals surface area contributed by atoms with Crippen molar-refractivity contribution in [1.82, 2.24) is 20.6 Å². The van der Waals surface area contributed by atoms with Crippen LogP contribution >= 0.6 is 15.9 Å². The molecule has 23 heavy (non-hydrogen) atoms. The van der Waals surface area contributed by atoms with Gasteiger partial charge in [0.25, 0.3) is 5.91 Å². The number of benzene rings is 1. The number of rotatable bonds is 4. The lowest BCUT2D eigenvalue weighted by molar-refractivity contribution is 0.0954. The van der Waals surface area contributed by atoms with E-state index in [0.29, 0.717) is 5.56 Å². The molecule has 1 aromatic carbocycles. The molecule has 0 bridgehead atoms. The van der Waals surface area contributed by atoms with Crippen molar-refractivity contribution in [2.45, 2.75) is 0 Å².